The van der Waals surface area contributed by atoms with Gasteiger partial charge in [-0.3, -0.25) is 0 Å². The second-order valence-electron chi connectivity index (χ2n) is 2.30. The van der Waals surface area contributed by atoms with Gasteiger partial charge in [-0.1, -0.05) is 18.8 Å². The third-order valence-electron chi connectivity index (χ3n) is 1.65. The molecule has 1 heterocycles. The van der Waals surface area contributed by atoms with Crippen molar-refractivity contribution >= 4 is 17.6 Å². The van der Waals surface area contributed by atoms with E-state index >= 15 is 0 Å². The Balaban J connectivity index is 2.41. The van der Waals surface area contributed by atoms with Gasteiger partial charge in [-0.15, -0.1) is 0 Å². The van der Waals surface area contributed by atoms with Gasteiger partial charge < -0.3 is 4.90 Å². The SMILES string of the molecule is C=C(C=S)N1CCCC1. The number of rotatable bonds is 2. The Kier molecular flexibility index (Phi) is 2.22. The van der Waals surface area contributed by atoms with Crippen LogP contribution in [0.2, 0.25) is 0 Å². The van der Waals surface area contributed by atoms with Crippen LogP contribution in [0.1, 0.15) is 12.8 Å². The zero-order valence-corrected chi connectivity index (χ0v) is 6.28. The number of thiocarbonyl (C=S) groups is 1. The summed E-state index contributed by atoms with van der Waals surface area (Å²) in [4.78, 5) is 2.23. The van der Waals surface area contributed by atoms with Crippen molar-refractivity contribution in [1.82, 2.24) is 4.90 Å². The van der Waals surface area contributed by atoms with Crippen LogP contribution in [0.4, 0.5) is 0 Å². The summed E-state index contributed by atoms with van der Waals surface area (Å²) < 4.78 is 0. The molecule has 0 aromatic carbocycles. The zero-order valence-electron chi connectivity index (χ0n) is 5.47. The molecule has 0 aromatic rings. The van der Waals surface area contributed by atoms with Gasteiger partial charge >= 0.3 is 0 Å². The van der Waals surface area contributed by atoms with E-state index in [0.29, 0.717) is 0 Å². The van der Waals surface area contributed by atoms with E-state index in [0.717, 1.165) is 18.8 Å². The maximum Gasteiger partial charge on any atom is 0.0402 e. The standard InChI is InChI=1S/C7H11NS/c1-7(6-9)8-4-2-3-5-8/h6H,1-5H2. The molecule has 1 aliphatic rings. The Bertz CT molecular complexity index is 125. The van der Waals surface area contributed by atoms with Crippen LogP contribution >= 0.6 is 12.2 Å². The monoisotopic (exact) mass is 141 g/mol. The van der Waals surface area contributed by atoms with Gasteiger partial charge in [-0.05, 0) is 12.8 Å². The van der Waals surface area contributed by atoms with Gasteiger partial charge in [0.05, 0.1) is 0 Å². The Labute approximate surface area is 61.4 Å². The lowest BCUT2D eigenvalue weighted by atomic mass is 10.4. The van der Waals surface area contributed by atoms with Gasteiger partial charge in [0.15, 0.2) is 0 Å². The number of hydrogen-bond donors (Lipinski definition) is 0. The van der Waals surface area contributed by atoms with Crippen LogP contribution in [0.25, 0.3) is 0 Å². The Hall–Kier alpha value is -0.370. The summed E-state index contributed by atoms with van der Waals surface area (Å²) in [6.07, 6.45) is 2.59. The van der Waals surface area contributed by atoms with E-state index in [1.807, 2.05) is 0 Å². The first-order chi connectivity index (χ1) is 4.34. The molecule has 0 saturated carbocycles. The van der Waals surface area contributed by atoms with Crippen LogP contribution in [-0.4, -0.2) is 23.4 Å². The molecule has 1 nitrogen and oxygen atoms in total. The third kappa shape index (κ3) is 1.52. The molecule has 0 amide bonds. The van der Waals surface area contributed by atoms with E-state index in [4.69, 9.17) is 12.2 Å². The van der Waals surface area contributed by atoms with E-state index in [2.05, 4.69) is 11.5 Å². The summed E-state index contributed by atoms with van der Waals surface area (Å²) in [6, 6.07) is 0. The van der Waals surface area contributed by atoms with Crippen LogP contribution < -0.4 is 0 Å². The Morgan fingerprint density at radius 3 is 2.44 bits per heavy atom. The highest BCUT2D eigenvalue weighted by Crippen LogP contribution is 2.11. The van der Waals surface area contributed by atoms with E-state index in [1.54, 1.807) is 5.37 Å². The minimum absolute atomic E-state index is 1.00. The molecule has 1 fully saturated rings. The first-order valence-electron chi connectivity index (χ1n) is 3.23. The van der Waals surface area contributed by atoms with Crippen molar-refractivity contribution in [2.45, 2.75) is 12.8 Å². The smallest absolute Gasteiger partial charge is 0.0402 e. The van der Waals surface area contributed by atoms with Crippen molar-refractivity contribution in [3.8, 4) is 0 Å². The third-order valence-corrected chi connectivity index (χ3v) is 1.92. The molecule has 0 atom stereocenters. The van der Waals surface area contributed by atoms with E-state index < -0.39 is 0 Å². The Morgan fingerprint density at radius 2 is 2.00 bits per heavy atom. The molecule has 1 rings (SSSR count). The quantitative estimate of drug-likeness (QED) is 0.424. The molecule has 0 radical (unpaired) electrons. The molecular weight excluding hydrogens is 130 g/mol. The molecular formula is C7H11NS. The summed E-state index contributed by atoms with van der Waals surface area (Å²) in [7, 11) is 0. The van der Waals surface area contributed by atoms with Crippen LogP contribution in [-0.2, 0) is 0 Å². The van der Waals surface area contributed by atoms with Crippen molar-refractivity contribution in [3.05, 3.63) is 12.3 Å². The fraction of sp³-hybridized carbons (Fsp3) is 0.571. The number of nitrogens with zero attached hydrogens (tertiary/aromatic N) is 1. The van der Waals surface area contributed by atoms with Crippen molar-refractivity contribution in [3.63, 3.8) is 0 Å². The average Bonchev–Trinajstić information content (AvgIpc) is 2.37. The van der Waals surface area contributed by atoms with Gasteiger partial charge in [0.1, 0.15) is 0 Å². The topological polar surface area (TPSA) is 3.24 Å². The fourth-order valence-corrected chi connectivity index (χ4v) is 1.23. The zero-order chi connectivity index (χ0) is 6.69. The van der Waals surface area contributed by atoms with E-state index in [-0.39, 0.29) is 0 Å². The fourth-order valence-electron chi connectivity index (χ4n) is 1.08. The summed E-state index contributed by atoms with van der Waals surface area (Å²) in [5, 5.41) is 1.66. The summed E-state index contributed by atoms with van der Waals surface area (Å²) in [5.74, 6) is 0. The predicted octanol–water partition coefficient (Wildman–Crippen LogP) is 1.60. The minimum Gasteiger partial charge on any atom is -0.371 e. The van der Waals surface area contributed by atoms with Crippen molar-refractivity contribution < 1.29 is 0 Å². The summed E-state index contributed by atoms with van der Waals surface area (Å²) in [6.45, 7) is 6.11. The van der Waals surface area contributed by atoms with Crippen LogP contribution in [0.3, 0.4) is 0 Å². The maximum absolute atomic E-state index is 4.75. The van der Waals surface area contributed by atoms with Crippen LogP contribution in [0.15, 0.2) is 12.3 Å². The van der Waals surface area contributed by atoms with Gasteiger partial charge in [0.2, 0.25) is 0 Å². The number of hydrogen-bond acceptors (Lipinski definition) is 2. The highest BCUT2D eigenvalue weighted by Gasteiger charge is 2.10. The predicted molar refractivity (Wildman–Crippen MR) is 43.6 cm³/mol. The van der Waals surface area contributed by atoms with Crippen LogP contribution in [0, 0.1) is 0 Å². The first kappa shape index (κ1) is 6.75. The number of allylic oxidation sites excluding steroid dienone is 1. The first-order valence-corrected chi connectivity index (χ1v) is 3.71. The van der Waals surface area contributed by atoms with Crippen molar-refractivity contribution in [1.29, 1.82) is 0 Å². The molecule has 0 spiro atoms. The minimum atomic E-state index is 1.00. The molecule has 2 heteroatoms. The van der Waals surface area contributed by atoms with Crippen molar-refractivity contribution in [2.75, 3.05) is 13.1 Å². The average molecular weight is 141 g/mol. The Morgan fingerprint density at radius 1 is 1.44 bits per heavy atom. The van der Waals surface area contributed by atoms with Gasteiger partial charge in [0, 0.05) is 24.2 Å². The van der Waals surface area contributed by atoms with Gasteiger partial charge in [0.25, 0.3) is 0 Å². The molecule has 0 unspecified atom stereocenters. The molecule has 0 aromatic heterocycles. The molecule has 1 aliphatic heterocycles. The molecule has 50 valence electrons. The lowest BCUT2D eigenvalue weighted by molar-refractivity contribution is 0.453. The largest absolute Gasteiger partial charge is 0.371 e. The maximum atomic E-state index is 4.75. The number of likely N-dealkylation sites (tertiary alicyclic amines) is 1. The second kappa shape index (κ2) is 2.97. The summed E-state index contributed by atoms with van der Waals surface area (Å²) in [5.41, 5.74) is 1.00. The molecule has 1 saturated heterocycles. The lowest BCUT2D eigenvalue weighted by Crippen LogP contribution is -2.17. The highest BCUT2D eigenvalue weighted by molar-refractivity contribution is 7.79. The lowest BCUT2D eigenvalue weighted by Gasteiger charge is -2.15. The summed E-state index contributed by atoms with van der Waals surface area (Å²) >= 11 is 4.75. The second-order valence-corrected chi connectivity index (χ2v) is 2.54. The van der Waals surface area contributed by atoms with E-state index in [1.165, 1.54) is 12.8 Å². The molecule has 0 aliphatic carbocycles. The van der Waals surface area contributed by atoms with Gasteiger partial charge in [-0.25, -0.2) is 0 Å². The highest BCUT2D eigenvalue weighted by atomic mass is 32.1. The van der Waals surface area contributed by atoms with Gasteiger partial charge in [-0.2, -0.15) is 0 Å². The van der Waals surface area contributed by atoms with E-state index in [9.17, 15) is 0 Å². The molecule has 0 bridgehead atoms. The molecule has 9 heavy (non-hydrogen) atoms. The normalized spacial score (nSPS) is 18.0. The molecule has 0 N–H and O–H groups in total. The van der Waals surface area contributed by atoms with Crippen LogP contribution in [0.5, 0.6) is 0 Å². The van der Waals surface area contributed by atoms with Crippen molar-refractivity contribution in [2.24, 2.45) is 0 Å².